The minimum Gasteiger partial charge on any atom is -0.457 e. The van der Waals surface area contributed by atoms with E-state index in [2.05, 4.69) is 42.1 Å². The Morgan fingerprint density at radius 2 is 0.840 bits per heavy atom. The first kappa shape index (κ1) is 43.8. The van der Waals surface area contributed by atoms with Crippen LogP contribution in [-0.4, -0.2) is 131 Å². The topological polar surface area (TPSA) is 151 Å². The Labute approximate surface area is 310 Å². The molecule has 0 heterocycles. The predicted octanol–water partition coefficient (Wildman–Crippen LogP) is 6.11. The first-order valence-corrected chi connectivity index (χ1v) is 17.7. The molecule has 0 fully saturated rings. The predicted molar refractivity (Wildman–Crippen MR) is 191 cm³/mol. The van der Waals surface area contributed by atoms with E-state index < -0.39 is 24.1 Å². The molecule has 0 amide bonds. The van der Waals surface area contributed by atoms with Crippen LogP contribution in [0.25, 0.3) is 0 Å². The van der Waals surface area contributed by atoms with E-state index in [0.29, 0.717) is 99.6 Å². The van der Waals surface area contributed by atoms with Crippen LogP contribution in [0.1, 0.15) is 34.6 Å². The van der Waals surface area contributed by atoms with Gasteiger partial charge >= 0.3 is 11.9 Å². The zero-order chi connectivity index (χ0) is 36.4. The van der Waals surface area contributed by atoms with Crippen LogP contribution in [0.3, 0.4) is 0 Å². The van der Waals surface area contributed by atoms with Crippen molar-refractivity contribution in [2.24, 2.45) is 10.2 Å². The molecular weight excluding hydrogens is 788 g/mol. The second-order valence-corrected chi connectivity index (χ2v) is 12.4. The summed E-state index contributed by atoms with van der Waals surface area (Å²) in [6, 6.07) is 9.78. The number of azo groups is 1. The van der Waals surface area contributed by atoms with Crippen molar-refractivity contribution in [3.8, 4) is 0 Å². The minimum atomic E-state index is -0.537. The van der Waals surface area contributed by atoms with Gasteiger partial charge in [-0.05, 0) is 50.2 Å². The molecule has 0 aliphatic heterocycles. The Bertz CT molecular complexity index is 1190. The maximum atomic E-state index is 12.8. The van der Waals surface area contributed by atoms with Gasteiger partial charge in [0.2, 0.25) is 0 Å². The average molecular weight is 837 g/mol. The lowest BCUT2D eigenvalue weighted by molar-refractivity contribution is -0.0219. The standard InChI is InChI=1S/C34H48Br2N2O12/c1-25(23-47-15-13-45-11-9-43-7-5-41-3)49-33(39)27-17-29(35)21-31(19-27)37-38-32-20-28(18-30(36)22-32)34(40)50-26(2)24-48-16-14-46-12-10-44-8-6-42-4/h17-22,25-26H,5-16,23-24H2,1-4H3/t25-,26-/m0/s1. The molecule has 50 heavy (non-hydrogen) atoms. The lowest BCUT2D eigenvalue weighted by Crippen LogP contribution is -2.22. The fourth-order valence-corrected chi connectivity index (χ4v) is 4.81. The van der Waals surface area contributed by atoms with Gasteiger partial charge in [0.15, 0.2) is 0 Å². The number of ether oxygens (including phenoxy) is 10. The zero-order valence-electron chi connectivity index (χ0n) is 29.1. The highest BCUT2D eigenvalue weighted by molar-refractivity contribution is 9.10. The lowest BCUT2D eigenvalue weighted by Gasteiger charge is -2.14. The molecule has 0 saturated carbocycles. The van der Waals surface area contributed by atoms with Crippen molar-refractivity contribution in [3.63, 3.8) is 0 Å². The first-order valence-electron chi connectivity index (χ1n) is 16.1. The summed E-state index contributed by atoms with van der Waals surface area (Å²) in [5.41, 5.74) is 1.36. The van der Waals surface area contributed by atoms with E-state index in [1.165, 1.54) is 0 Å². The number of carbonyl (C=O) groups is 2. The van der Waals surface area contributed by atoms with Crippen molar-refractivity contribution in [2.75, 3.05) is 107 Å². The largest absolute Gasteiger partial charge is 0.457 e. The van der Waals surface area contributed by atoms with Crippen molar-refractivity contribution in [1.29, 1.82) is 0 Å². The Morgan fingerprint density at radius 1 is 0.520 bits per heavy atom. The van der Waals surface area contributed by atoms with Crippen LogP contribution in [0, 0.1) is 0 Å². The van der Waals surface area contributed by atoms with Gasteiger partial charge in [-0.2, -0.15) is 10.2 Å². The SMILES string of the molecule is COCCOCCOCCOC[C@H](C)OC(=O)c1cc(Br)cc(N=Nc2cc(Br)cc(C(=O)O[C@@H](C)COCCOCCOCCOC)c2)c1. The van der Waals surface area contributed by atoms with Crippen LogP contribution in [0.5, 0.6) is 0 Å². The number of hydrogen-bond acceptors (Lipinski definition) is 14. The van der Waals surface area contributed by atoms with Gasteiger partial charge in [0.25, 0.3) is 0 Å². The van der Waals surface area contributed by atoms with E-state index in [1.54, 1.807) is 64.5 Å². The molecule has 0 aliphatic carbocycles. The third kappa shape index (κ3) is 20.5. The zero-order valence-corrected chi connectivity index (χ0v) is 32.2. The monoisotopic (exact) mass is 834 g/mol. The Balaban J connectivity index is 1.79. The summed E-state index contributed by atoms with van der Waals surface area (Å²) >= 11 is 6.83. The van der Waals surface area contributed by atoms with Crippen LogP contribution in [0.4, 0.5) is 11.4 Å². The molecule has 0 radical (unpaired) electrons. The molecule has 2 atom stereocenters. The summed E-state index contributed by atoms with van der Waals surface area (Å²) in [7, 11) is 3.24. The molecule has 0 spiro atoms. The number of rotatable bonds is 28. The van der Waals surface area contributed by atoms with E-state index in [9.17, 15) is 9.59 Å². The maximum absolute atomic E-state index is 12.8. The second kappa shape index (κ2) is 27.3. The molecular formula is C34H48Br2N2O12. The molecule has 0 aromatic heterocycles. The van der Waals surface area contributed by atoms with Crippen molar-refractivity contribution in [1.82, 2.24) is 0 Å². The fraction of sp³-hybridized carbons (Fsp3) is 0.588. The number of carbonyl (C=O) groups excluding carboxylic acids is 2. The molecule has 0 bridgehead atoms. The van der Waals surface area contributed by atoms with Crippen molar-refractivity contribution < 1.29 is 57.0 Å². The van der Waals surface area contributed by atoms with Gasteiger partial charge in [-0.1, -0.05) is 31.9 Å². The Hall–Kier alpha value is -2.38. The molecule has 2 aromatic carbocycles. The summed E-state index contributed by atoms with van der Waals surface area (Å²) in [6.07, 6.45) is -0.983. The van der Waals surface area contributed by atoms with Crippen molar-refractivity contribution in [3.05, 3.63) is 56.5 Å². The van der Waals surface area contributed by atoms with Crippen molar-refractivity contribution in [2.45, 2.75) is 26.1 Å². The number of hydrogen-bond donors (Lipinski definition) is 0. The highest BCUT2D eigenvalue weighted by atomic mass is 79.9. The number of methoxy groups -OCH3 is 2. The van der Waals surface area contributed by atoms with Gasteiger partial charge in [-0.3, -0.25) is 0 Å². The molecule has 280 valence electrons. The molecule has 16 heteroatoms. The number of benzene rings is 2. The summed E-state index contributed by atoms with van der Waals surface area (Å²) in [5, 5.41) is 8.55. The van der Waals surface area contributed by atoms with Gasteiger partial charge < -0.3 is 47.4 Å². The Morgan fingerprint density at radius 3 is 1.18 bits per heavy atom. The van der Waals surface area contributed by atoms with E-state index in [1.807, 2.05) is 0 Å². The summed E-state index contributed by atoms with van der Waals surface area (Å²) < 4.78 is 54.7. The summed E-state index contributed by atoms with van der Waals surface area (Å²) in [6.45, 7) is 9.40. The highest BCUT2D eigenvalue weighted by Gasteiger charge is 2.16. The molecule has 0 saturated heterocycles. The molecule has 14 nitrogen and oxygen atoms in total. The van der Waals surface area contributed by atoms with Gasteiger partial charge in [0, 0.05) is 23.2 Å². The molecule has 0 unspecified atom stereocenters. The number of esters is 2. The third-order valence-corrected chi connectivity index (χ3v) is 7.11. The van der Waals surface area contributed by atoms with Gasteiger partial charge in [0.05, 0.1) is 115 Å². The summed E-state index contributed by atoms with van der Waals surface area (Å²) in [4.78, 5) is 25.7. The maximum Gasteiger partial charge on any atom is 0.338 e. The van der Waals surface area contributed by atoms with Gasteiger partial charge in [-0.25, -0.2) is 9.59 Å². The second-order valence-electron chi connectivity index (χ2n) is 10.6. The van der Waals surface area contributed by atoms with Crippen LogP contribution >= 0.6 is 31.9 Å². The molecule has 2 rings (SSSR count). The number of halogens is 2. The molecule has 2 aromatic rings. The van der Waals surface area contributed by atoms with E-state index in [0.717, 1.165) is 0 Å². The Kier molecular flexibility index (Phi) is 23.9. The van der Waals surface area contributed by atoms with E-state index in [-0.39, 0.29) is 24.3 Å². The smallest absolute Gasteiger partial charge is 0.338 e. The van der Waals surface area contributed by atoms with Crippen LogP contribution < -0.4 is 0 Å². The number of nitrogens with zero attached hydrogens (tertiary/aromatic N) is 2. The minimum absolute atomic E-state index is 0.209. The quantitative estimate of drug-likeness (QED) is 0.0553. The van der Waals surface area contributed by atoms with Crippen molar-refractivity contribution >= 4 is 55.2 Å². The first-order chi connectivity index (χ1) is 24.2. The molecule has 0 aliphatic rings. The van der Waals surface area contributed by atoms with Crippen LogP contribution in [0.15, 0.2) is 55.6 Å². The summed E-state index contributed by atoms with van der Waals surface area (Å²) in [5.74, 6) is -1.07. The van der Waals surface area contributed by atoms with Crippen LogP contribution in [0.2, 0.25) is 0 Å². The third-order valence-electron chi connectivity index (χ3n) is 6.19. The highest BCUT2D eigenvalue weighted by Crippen LogP contribution is 2.27. The van der Waals surface area contributed by atoms with E-state index in [4.69, 9.17) is 47.4 Å². The average Bonchev–Trinajstić information content (AvgIpc) is 3.08. The van der Waals surface area contributed by atoms with Crippen LogP contribution in [-0.2, 0) is 47.4 Å². The molecule has 0 N–H and O–H groups in total. The lowest BCUT2D eigenvalue weighted by atomic mass is 10.2. The normalized spacial score (nSPS) is 12.7. The van der Waals surface area contributed by atoms with Gasteiger partial charge in [-0.15, -0.1) is 0 Å². The van der Waals surface area contributed by atoms with Gasteiger partial charge in [0.1, 0.15) is 12.2 Å². The fourth-order valence-electron chi connectivity index (χ4n) is 3.85. The van der Waals surface area contributed by atoms with E-state index >= 15 is 0 Å².